The normalized spacial score (nSPS) is 17.3. The molecule has 0 radical (unpaired) electrons. The van der Waals surface area contributed by atoms with E-state index >= 15 is 0 Å². The number of methoxy groups -OCH3 is 1. The molecule has 1 aliphatic heterocycles. The highest BCUT2D eigenvalue weighted by atomic mass is 32.2. The number of anilines is 1. The molecule has 2 aromatic carbocycles. The summed E-state index contributed by atoms with van der Waals surface area (Å²) in [4.78, 5) is 12.4. The molecule has 0 bridgehead atoms. The molecule has 1 unspecified atom stereocenters. The molecule has 1 N–H and O–H groups in total. The Labute approximate surface area is 178 Å². The van der Waals surface area contributed by atoms with E-state index in [4.69, 9.17) is 9.47 Å². The maximum Gasteiger partial charge on any atom is 0.262 e. The van der Waals surface area contributed by atoms with Gasteiger partial charge in [0.15, 0.2) is 6.61 Å². The fourth-order valence-electron chi connectivity index (χ4n) is 3.56. The summed E-state index contributed by atoms with van der Waals surface area (Å²) in [5, 5.41) is 2.72. The van der Waals surface area contributed by atoms with E-state index in [1.807, 2.05) is 6.92 Å². The number of hydrogen-bond acceptors (Lipinski definition) is 5. The van der Waals surface area contributed by atoms with Crippen LogP contribution in [0.15, 0.2) is 53.4 Å². The van der Waals surface area contributed by atoms with Gasteiger partial charge in [-0.25, -0.2) is 8.42 Å². The predicted molar refractivity (Wildman–Crippen MR) is 115 cm³/mol. The van der Waals surface area contributed by atoms with Crippen molar-refractivity contribution < 1.29 is 22.7 Å². The van der Waals surface area contributed by atoms with Gasteiger partial charge in [0.2, 0.25) is 10.0 Å². The molecule has 7 nitrogen and oxygen atoms in total. The maximum absolute atomic E-state index is 13.0. The van der Waals surface area contributed by atoms with Gasteiger partial charge in [-0.3, -0.25) is 4.79 Å². The van der Waals surface area contributed by atoms with E-state index < -0.39 is 10.0 Å². The number of carbonyl (C=O) groups is 1. The molecule has 0 spiro atoms. The molecular formula is C22H28N2O5S. The van der Waals surface area contributed by atoms with Crippen LogP contribution in [0.25, 0.3) is 0 Å². The third-order valence-electron chi connectivity index (χ3n) is 5.22. The highest BCUT2D eigenvalue weighted by Gasteiger charge is 2.32. The zero-order chi connectivity index (χ0) is 21.6. The lowest BCUT2D eigenvalue weighted by atomic mass is 10.0. The summed E-state index contributed by atoms with van der Waals surface area (Å²) < 4.78 is 38.2. The first kappa shape index (κ1) is 22.1. The largest absolute Gasteiger partial charge is 0.497 e. The van der Waals surface area contributed by atoms with E-state index in [-0.39, 0.29) is 23.5 Å². The van der Waals surface area contributed by atoms with Gasteiger partial charge in [-0.15, -0.1) is 0 Å². The zero-order valence-corrected chi connectivity index (χ0v) is 18.2. The lowest BCUT2D eigenvalue weighted by Crippen LogP contribution is -2.43. The molecule has 0 saturated carbocycles. The van der Waals surface area contributed by atoms with Gasteiger partial charge in [-0.1, -0.05) is 13.3 Å². The second kappa shape index (κ2) is 9.95. The highest BCUT2D eigenvalue weighted by molar-refractivity contribution is 7.89. The fraction of sp³-hybridized carbons (Fsp3) is 0.409. The molecule has 0 aromatic heterocycles. The van der Waals surface area contributed by atoms with Crippen LogP contribution >= 0.6 is 0 Å². The number of ether oxygens (including phenoxy) is 2. The fourth-order valence-corrected chi connectivity index (χ4v) is 5.33. The number of piperidine rings is 1. The summed E-state index contributed by atoms with van der Waals surface area (Å²) in [7, 11) is -1.96. The summed E-state index contributed by atoms with van der Waals surface area (Å²) in [6, 6.07) is 13.3. The van der Waals surface area contributed by atoms with Gasteiger partial charge < -0.3 is 14.8 Å². The van der Waals surface area contributed by atoms with Crippen molar-refractivity contribution in [3.63, 3.8) is 0 Å². The number of hydrogen-bond donors (Lipinski definition) is 1. The molecule has 1 heterocycles. The second-order valence-electron chi connectivity index (χ2n) is 7.21. The van der Waals surface area contributed by atoms with Crippen LogP contribution in [0.4, 0.5) is 5.69 Å². The monoisotopic (exact) mass is 432 g/mol. The van der Waals surface area contributed by atoms with Gasteiger partial charge in [0.25, 0.3) is 5.91 Å². The Balaban J connectivity index is 1.58. The number of carbonyl (C=O) groups excluding carboxylic acids is 1. The minimum Gasteiger partial charge on any atom is -0.497 e. The van der Waals surface area contributed by atoms with E-state index in [0.717, 1.165) is 25.7 Å². The average Bonchev–Trinajstić information content (AvgIpc) is 2.78. The molecule has 3 rings (SSSR count). The minimum atomic E-state index is -3.53. The maximum atomic E-state index is 13.0. The summed E-state index contributed by atoms with van der Waals surface area (Å²) in [5.74, 6) is 0.930. The van der Waals surface area contributed by atoms with Crippen molar-refractivity contribution in [2.75, 3.05) is 25.6 Å². The number of nitrogens with zero attached hydrogens (tertiary/aromatic N) is 1. The van der Waals surface area contributed by atoms with Crippen LogP contribution < -0.4 is 14.8 Å². The van der Waals surface area contributed by atoms with Crippen LogP contribution in [0.5, 0.6) is 11.5 Å². The topological polar surface area (TPSA) is 84.9 Å². The van der Waals surface area contributed by atoms with Crippen molar-refractivity contribution in [1.29, 1.82) is 0 Å². The van der Waals surface area contributed by atoms with Crippen LogP contribution in [0.2, 0.25) is 0 Å². The van der Waals surface area contributed by atoms with Crippen molar-refractivity contribution >= 4 is 21.6 Å². The smallest absolute Gasteiger partial charge is 0.262 e. The van der Waals surface area contributed by atoms with E-state index in [1.165, 1.54) is 12.1 Å². The van der Waals surface area contributed by atoms with Crippen molar-refractivity contribution in [2.24, 2.45) is 0 Å². The molecule has 1 amide bonds. The Kier molecular flexibility index (Phi) is 7.33. The van der Waals surface area contributed by atoms with Crippen LogP contribution in [-0.4, -0.2) is 44.9 Å². The quantitative estimate of drug-likeness (QED) is 0.688. The van der Waals surface area contributed by atoms with Crippen LogP contribution in [0.1, 0.15) is 32.6 Å². The average molecular weight is 433 g/mol. The summed E-state index contributed by atoms with van der Waals surface area (Å²) in [6.45, 7) is 2.42. The van der Waals surface area contributed by atoms with E-state index in [1.54, 1.807) is 47.8 Å². The van der Waals surface area contributed by atoms with Crippen molar-refractivity contribution in [3.05, 3.63) is 48.5 Å². The SMILES string of the molecule is CCC1CCCCN1S(=O)(=O)c1ccc(NC(=O)COc2ccc(OC)cc2)cc1. The first-order valence-electron chi connectivity index (χ1n) is 10.1. The Morgan fingerprint density at radius 3 is 2.37 bits per heavy atom. The first-order valence-corrected chi connectivity index (χ1v) is 11.6. The third kappa shape index (κ3) is 5.31. The Morgan fingerprint density at radius 1 is 1.07 bits per heavy atom. The Morgan fingerprint density at radius 2 is 1.73 bits per heavy atom. The number of rotatable bonds is 8. The molecule has 1 saturated heterocycles. The van der Waals surface area contributed by atoms with E-state index in [2.05, 4.69) is 5.32 Å². The van der Waals surface area contributed by atoms with Crippen LogP contribution in [0.3, 0.4) is 0 Å². The van der Waals surface area contributed by atoms with E-state index in [0.29, 0.717) is 23.7 Å². The van der Waals surface area contributed by atoms with Gasteiger partial charge in [-0.2, -0.15) is 4.31 Å². The van der Waals surface area contributed by atoms with Crippen LogP contribution in [0, 0.1) is 0 Å². The minimum absolute atomic E-state index is 0.0539. The molecule has 0 aliphatic carbocycles. The molecular weight excluding hydrogens is 404 g/mol. The first-order chi connectivity index (χ1) is 14.4. The van der Waals surface area contributed by atoms with Crippen molar-refractivity contribution in [1.82, 2.24) is 4.31 Å². The van der Waals surface area contributed by atoms with Gasteiger partial charge in [0.05, 0.1) is 12.0 Å². The standard InChI is InChI=1S/C22H28N2O5S/c1-3-18-6-4-5-15-24(18)30(26,27)21-13-7-17(8-14-21)23-22(25)16-29-20-11-9-19(28-2)10-12-20/h7-14,18H,3-6,15-16H2,1-2H3,(H,23,25). The number of sulfonamides is 1. The number of amides is 1. The van der Waals surface area contributed by atoms with Crippen molar-refractivity contribution in [3.8, 4) is 11.5 Å². The molecule has 162 valence electrons. The van der Waals surface area contributed by atoms with Gasteiger partial charge in [0.1, 0.15) is 11.5 Å². The lowest BCUT2D eigenvalue weighted by molar-refractivity contribution is -0.118. The molecule has 1 fully saturated rings. The van der Waals surface area contributed by atoms with E-state index in [9.17, 15) is 13.2 Å². The van der Waals surface area contributed by atoms with Gasteiger partial charge in [-0.05, 0) is 67.8 Å². The summed E-state index contributed by atoms with van der Waals surface area (Å²) in [5.41, 5.74) is 0.517. The lowest BCUT2D eigenvalue weighted by Gasteiger charge is -2.34. The molecule has 1 aliphatic rings. The second-order valence-corrected chi connectivity index (χ2v) is 9.10. The van der Waals surface area contributed by atoms with Gasteiger partial charge in [0, 0.05) is 18.3 Å². The molecule has 30 heavy (non-hydrogen) atoms. The highest BCUT2D eigenvalue weighted by Crippen LogP contribution is 2.27. The molecule has 1 atom stereocenters. The number of nitrogens with one attached hydrogen (secondary N) is 1. The summed E-state index contributed by atoms with van der Waals surface area (Å²) in [6.07, 6.45) is 3.66. The Hall–Kier alpha value is -2.58. The molecule has 8 heteroatoms. The number of benzene rings is 2. The van der Waals surface area contributed by atoms with Crippen LogP contribution in [-0.2, 0) is 14.8 Å². The summed E-state index contributed by atoms with van der Waals surface area (Å²) >= 11 is 0. The third-order valence-corrected chi connectivity index (χ3v) is 7.18. The van der Waals surface area contributed by atoms with Gasteiger partial charge >= 0.3 is 0 Å². The predicted octanol–water partition coefficient (Wildman–Crippen LogP) is 3.67. The van der Waals surface area contributed by atoms with Crippen molar-refractivity contribution in [2.45, 2.75) is 43.5 Å². The molecule has 2 aromatic rings. The zero-order valence-electron chi connectivity index (χ0n) is 17.3. The Bertz CT molecular complexity index is 942.